The molecule has 15 heteroatoms. The second kappa shape index (κ2) is 21.2. The fourth-order valence-electron chi connectivity index (χ4n) is 8.60. The van der Waals surface area contributed by atoms with E-state index in [0.717, 1.165) is 38.9 Å². The summed E-state index contributed by atoms with van der Waals surface area (Å²) in [5.41, 5.74) is 7.56. The molecule has 340 valence electrons. The lowest BCUT2D eigenvalue weighted by atomic mass is 9.95. The van der Waals surface area contributed by atoms with Crippen molar-refractivity contribution in [1.82, 2.24) is 45.1 Å². The number of benzene rings is 3. The normalized spacial score (nSPS) is 15.7. The van der Waals surface area contributed by atoms with E-state index in [1.54, 1.807) is 27.2 Å². The van der Waals surface area contributed by atoms with Crippen molar-refractivity contribution < 1.29 is 24.6 Å². The van der Waals surface area contributed by atoms with Crippen LogP contribution < -0.4 is 16.4 Å². The van der Waals surface area contributed by atoms with Gasteiger partial charge in [-0.1, -0.05) is 119 Å². The van der Waals surface area contributed by atoms with Crippen LogP contribution in [0.1, 0.15) is 63.3 Å². The van der Waals surface area contributed by atoms with Gasteiger partial charge in [-0.3, -0.25) is 34.5 Å². The number of aromatic hydroxyl groups is 1. The van der Waals surface area contributed by atoms with Gasteiger partial charge in [-0.2, -0.15) is 0 Å². The number of H-pyrrole nitrogens is 1. The predicted molar refractivity (Wildman–Crippen MR) is 249 cm³/mol. The third kappa shape index (κ3) is 11.1. The summed E-state index contributed by atoms with van der Waals surface area (Å²) in [4.78, 5) is 70.9. The minimum atomic E-state index is -1.24. The lowest BCUT2D eigenvalue weighted by molar-refractivity contribution is -0.133. The van der Waals surface area contributed by atoms with E-state index in [2.05, 4.69) is 25.7 Å². The zero-order chi connectivity index (χ0) is 46.0. The minimum absolute atomic E-state index is 0.129. The summed E-state index contributed by atoms with van der Waals surface area (Å²) in [6.45, 7) is 8.89. The Morgan fingerprint density at radius 2 is 1.51 bits per heavy atom. The monoisotopic (exact) mass is 881 g/mol. The van der Waals surface area contributed by atoms with Gasteiger partial charge in [-0.05, 0) is 59.2 Å². The highest BCUT2D eigenvalue weighted by molar-refractivity contribution is 5.89. The quantitative estimate of drug-likeness (QED) is 0.0569. The molecule has 5 N–H and O–H groups in total. The van der Waals surface area contributed by atoms with E-state index in [1.165, 1.54) is 10.8 Å². The van der Waals surface area contributed by atoms with E-state index >= 15 is 0 Å². The van der Waals surface area contributed by atoms with E-state index in [4.69, 9.17) is 0 Å². The Kier molecular flexibility index (Phi) is 15.1. The first-order valence-corrected chi connectivity index (χ1v) is 22.4. The molecule has 6 aromatic rings. The van der Waals surface area contributed by atoms with Crippen LogP contribution in [0, 0.1) is 11.8 Å². The van der Waals surface area contributed by atoms with Crippen LogP contribution in [-0.2, 0) is 29.1 Å². The van der Waals surface area contributed by atoms with Crippen molar-refractivity contribution in [2.75, 3.05) is 19.6 Å². The van der Waals surface area contributed by atoms with Gasteiger partial charge in [0.15, 0.2) is 0 Å². The Morgan fingerprint density at radius 1 is 0.800 bits per heavy atom. The van der Waals surface area contributed by atoms with Gasteiger partial charge < -0.3 is 25.3 Å². The molecule has 3 aromatic heterocycles. The van der Waals surface area contributed by atoms with Gasteiger partial charge in [0, 0.05) is 56.1 Å². The van der Waals surface area contributed by atoms with Crippen molar-refractivity contribution in [2.24, 2.45) is 11.8 Å². The molecule has 1 aliphatic rings. The molecule has 7 rings (SSSR count). The van der Waals surface area contributed by atoms with E-state index in [-0.39, 0.29) is 49.2 Å². The first-order chi connectivity index (χ1) is 31.4. The van der Waals surface area contributed by atoms with Crippen LogP contribution in [0.2, 0.25) is 0 Å². The number of rotatable bonds is 20. The van der Waals surface area contributed by atoms with Crippen LogP contribution in [-0.4, -0.2) is 100 Å². The first kappa shape index (κ1) is 46.2. The first-order valence-electron chi connectivity index (χ1n) is 22.4. The molecular weight excluding hydrogens is 823 g/mol. The van der Waals surface area contributed by atoms with E-state index in [1.807, 2.05) is 131 Å². The number of aromatic amines is 1. The van der Waals surface area contributed by atoms with Crippen LogP contribution in [0.4, 0.5) is 4.79 Å². The molecule has 0 unspecified atom stereocenters. The SMILES string of the molecule is CC[C@H](C)[C@@H](C(=O)N[C@@H](Cc1ccccc1)[C@@H](O)CN(Cc1ccc(-c2ccccn2)cc1)NC(=O)[C@H]([C@@H](C)CC)n1cc(O)[nH]c1=O)N1CCN(Cc2ccnc3ccccc23)C1=O. The maximum absolute atomic E-state index is 14.7. The molecule has 15 nitrogen and oxygen atoms in total. The fraction of sp³-hybridized carbons (Fsp3) is 0.360. The van der Waals surface area contributed by atoms with E-state index in [9.17, 15) is 29.4 Å². The molecule has 1 saturated heterocycles. The number of carbonyl (C=O) groups excluding carboxylic acids is 3. The minimum Gasteiger partial charge on any atom is -0.493 e. The van der Waals surface area contributed by atoms with Crippen molar-refractivity contribution in [3.63, 3.8) is 0 Å². The summed E-state index contributed by atoms with van der Waals surface area (Å²) in [6, 6.07) is 29.7. The average molecular weight is 882 g/mol. The zero-order valence-electron chi connectivity index (χ0n) is 37.4. The Balaban J connectivity index is 1.15. The number of nitrogens with one attached hydrogen (secondary N) is 3. The summed E-state index contributed by atoms with van der Waals surface area (Å²) in [6.07, 6.45) is 4.87. The molecule has 65 heavy (non-hydrogen) atoms. The van der Waals surface area contributed by atoms with E-state index in [0.29, 0.717) is 32.5 Å². The van der Waals surface area contributed by atoms with Crippen molar-refractivity contribution in [3.05, 3.63) is 149 Å². The lowest BCUT2D eigenvalue weighted by Crippen LogP contribution is -2.58. The van der Waals surface area contributed by atoms with Gasteiger partial charge in [0.2, 0.25) is 11.8 Å². The summed E-state index contributed by atoms with van der Waals surface area (Å²) >= 11 is 0. The molecule has 4 heterocycles. The van der Waals surface area contributed by atoms with Gasteiger partial charge in [-0.25, -0.2) is 14.6 Å². The topological polar surface area (TPSA) is 189 Å². The summed E-state index contributed by atoms with van der Waals surface area (Å²) in [5, 5.41) is 28.2. The number of hydrogen-bond acceptors (Lipinski definition) is 9. The molecule has 0 aliphatic carbocycles. The second-order valence-electron chi connectivity index (χ2n) is 17.0. The molecule has 0 radical (unpaired) electrons. The third-order valence-corrected chi connectivity index (χ3v) is 12.6. The molecular formula is C50H59N9O6. The summed E-state index contributed by atoms with van der Waals surface area (Å²) in [7, 11) is 0. The zero-order valence-corrected chi connectivity index (χ0v) is 37.4. The highest BCUT2D eigenvalue weighted by Gasteiger charge is 2.41. The number of para-hydroxylation sites is 1. The highest BCUT2D eigenvalue weighted by atomic mass is 16.3. The Morgan fingerprint density at radius 3 is 2.20 bits per heavy atom. The number of aliphatic hydroxyl groups excluding tert-OH is 1. The van der Waals surface area contributed by atoms with Crippen LogP contribution >= 0.6 is 0 Å². The molecule has 0 bridgehead atoms. The molecule has 4 amide bonds. The van der Waals surface area contributed by atoms with Gasteiger partial charge in [0.05, 0.1) is 29.6 Å². The largest absolute Gasteiger partial charge is 0.493 e. The number of pyridine rings is 2. The maximum Gasteiger partial charge on any atom is 0.329 e. The van der Waals surface area contributed by atoms with Crippen LogP contribution in [0.25, 0.3) is 22.2 Å². The number of aromatic nitrogens is 4. The summed E-state index contributed by atoms with van der Waals surface area (Å²) < 4.78 is 1.18. The molecule has 6 atom stereocenters. The number of fused-ring (bicyclic) bond motifs is 1. The number of hydrazine groups is 1. The molecule has 0 spiro atoms. The highest BCUT2D eigenvalue weighted by Crippen LogP contribution is 2.26. The van der Waals surface area contributed by atoms with Crippen LogP contribution in [0.15, 0.2) is 127 Å². The summed E-state index contributed by atoms with van der Waals surface area (Å²) in [5.74, 6) is -1.79. The number of amides is 4. The van der Waals surface area contributed by atoms with Crippen LogP contribution in [0.5, 0.6) is 5.88 Å². The van der Waals surface area contributed by atoms with Crippen molar-refractivity contribution >= 4 is 28.7 Å². The number of hydrogen-bond donors (Lipinski definition) is 5. The van der Waals surface area contributed by atoms with E-state index < -0.39 is 35.8 Å². The average Bonchev–Trinajstić information content (AvgIpc) is 3.84. The Bertz CT molecular complexity index is 2580. The molecule has 1 fully saturated rings. The fourth-order valence-corrected chi connectivity index (χ4v) is 8.60. The standard InChI is InChI=1S/C50H59N9O6/c1-5-33(3)45(58-27-26-56(50(58)65)30-38-23-25-52-41-18-11-10-16-39(38)41)47(62)53-42(28-35-14-8-7-9-15-35)43(60)31-57(29-36-19-21-37(22-20-36)40-17-12-13-24-51-40)55-48(63)46(34(4)6-2)59-32-44(61)54-49(59)64/h7-25,32-34,42-43,45-46,60-61H,5-6,26-31H2,1-4H3,(H,53,62)(H,54,64)(H,55,63)/t33-,34-,42-,43-,45-,46-/m0/s1. The van der Waals surface area contributed by atoms with Crippen LogP contribution in [0.3, 0.4) is 0 Å². The van der Waals surface area contributed by atoms with Gasteiger partial charge in [0.25, 0.3) is 5.91 Å². The number of carbonyl (C=O) groups is 3. The molecule has 0 saturated carbocycles. The molecule has 3 aromatic carbocycles. The molecule has 1 aliphatic heterocycles. The van der Waals surface area contributed by atoms with Gasteiger partial charge >= 0.3 is 11.7 Å². The third-order valence-electron chi connectivity index (χ3n) is 12.6. The second-order valence-corrected chi connectivity index (χ2v) is 17.0. The van der Waals surface area contributed by atoms with Gasteiger partial charge in [-0.15, -0.1) is 0 Å². The van der Waals surface area contributed by atoms with Crippen molar-refractivity contribution in [3.8, 4) is 17.1 Å². The van der Waals surface area contributed by atoms with Gasteiger partial charge in [0.1, 0.15) is 12.1 Å². The number of nitrogens with zero attached hydrogens (tertiary/aromatic N) is 6. The number of imidazole rings is 1. The Hall–Kier alpha value is -6.84. The van der Waals surface area contributed by atoms with Crippen molar-refractivity contribution in [1.29, 1.82) is 0 Å². The van der Waals surface area contributed by atoms with Crippen molar-refractivity contribution in [2.45, 2.75) is 84.3 Å². The lowest BCUT2D eigenvalue weighted by Gasteiger charge is -2.35. The number of aliphatic hydroxyl groups is 1. The maximum atomic E-state index is 14.7. The Labute approximate surface area is 379 Å². The number of urea groups is 1. The predicted octanol–water partition coefficient (Wildman–Crippen LogP) is 6.05. The smallest absolute Gasteiger partial charge is 0.329 e.